The Kier molecular flexibility index (Phi) is 4.47. The number of hydrogen-bond acceptors (Lipinski definition) is 3. The number of hydrogen-bond donors (Lipinski definition) is 0. The number of para-hydroxylation sites is 1. The van der Waals surface area contributed by atoms with Crippen molar-refractivity contribution in [2.45, 2.75) is 57.7 Å². The highest BCUT2D eigenvalue weighted by Crippen LogP contribution is 2.41. The molecule has 0 bridgehead atoms. The summed E-state index contributed by atoms with van der Waals surface area (Å²) in [4.78, 5) is 4.99. The monoisotopic (exact) mass is 302 g/mol. The minimum Gasteiger partial charge on any atom is -0.489 e. The Labute approximate surface area is 135 Å². The molecule has 22 heavy (non-hydrogen) atoms. The summed E-state index contributed by atoms with van der Waals surface area (Å²) in [6, 6.07) is 9.18. The van der Waals surface area contributed by atoms with E-state index in [9.17, 15) is 0 Å². The van der Waals surface area contributed by atoms with Crippen LogP contribution in [0, 0.1) is 0 Å². The second kappa shape index (κ2) is 6.21. The molecule has 2 aliphatic heterocycles. The summed E-state index contributed by atoms with van der Waals surface area (Å²) in [5.74, 6) is 1.10. The van der Waals surface area contributed by atoms with Crippen LogP contribution >= 0.6 is 0 Å². The number of ether oxygens (including phenoxy) is 1. The average Bonchev–Trinajstić information content (AvgIpc) is 3.08. The minimum absolute atomic E-state index is 0.210. The van der Waals surface area contributed by atoms with Gasteiger partial charge in [0.2, 0.25) is 0 Å². The summed E-state index contributed by atoms with van der Waals surface area (Å²) in [5, 5.41) is 0. The lowest BCUT2D eigenvalue weighted by molar-refractivity contribution is 0.117. The van der Waals surface area contributed by atoms with Gasteiger partial charge in [0.25, 0.3) is 0 Å². The summed E-state index contributed by atoms with van der Waals surface area (Å²) >= 11 is 0. The first kappa shape index (κ1) is 15.8. The quantitative estimate of drug-likeness (QED) is 0.846. The van der Waals surface area contributed by atoms with E-state index >= 15 is 0 Å². The smallest absolute Gasteiger partial charge is 0.124 e. The van der Waals surface area contributed by atoms with Crippen molar-refractivity contribution >= 4 is 0 Å². The van der Waals surface area contributed by atoms with Crippen LogP contribution in [-0.4, -0.2) is 48.1 Å². The SMILES string of the molecule is CN1CCC(Oc2ccccc2C2CCCN2C(C)(C)C)C1. The Balaban J connectivity index is 1.81. The molecule has 1 aromatic carbocycles. The van der Waals surface area contributed by atoms with Crippen molar-refractivity contribution in [1.29, 1.82) is 0 Å². The zero-order valence-electron chi connectivity index (χ0n) is 14.5. The average molecular weight is 302 g/mol. The van der Waals surface area contributed by atoms with Gasteiger partial charge in [-0.05, 0) is 59.7 Å². The third-order valence-electron chi connectivity index (χ3n) is 5.03. The Morgan fingerprint density at radius 2 is 1.86 bits per heavy atom. The number of rotatable bonds is 3. The first-order valence-electron chi connectivity index (χ1n) is 8.66. The maximum atomic E-state index is 6.38. The third-order valence-corrected chi connectivity index (χ3v) is 5.03. The molecule has 3 heteroatoms. The maximum absolute atomic E-state index is 6.38. The molecule has 3 nitrogen and oxygen atoms in total. The minimum atomic E-state index is 0.210. The van der Waals surface area contributed by atoms with E-state index in [1.54, 1.807) is 0 Å². The first-order valence-corrected chi connectivity index (χ1v) is 8.66. The van der Waals surface area contributed by atoms with Gasteiger partial charge in [0.15, 0.2) is 0 Å². The van der Waals surface area contributed by atoms with Crippen molar-refractivity contribution < 1.29 is 4.74 Å². The summed E-state index contributed by atoms with van der Waals surface area (Å²) in [7, 11) is 2.17. The Morgan fingerprint density at radius 1 is 1.09 bits per heavy atom. The van der Waals surface area contributed by atoms with E-state index in [2.05, 4.69) is 61.9 Å². The highest BCUT2D eigenvalue weighted by atomic mass is 16.5. The second-order valence-electron chi connectivity index (χ2n) is 7.85. The van der Waals surface area contributed by atoms with Crippen LogP contribution in [-0.2, 0) is 0 Å². The molecule has 2 saturated heterocycles. The molecule has 2 aliphatic rings. The van der Waals surface area contributed by atoms with E-state index in [0.29, 0.717) is 12.1 Å². The van der Waals surface area contributed by atoms with Crippen LogP contribution in [0.4, 0.5) is 0 Å². The van der Waals surface area contributed by atoms with Crippen molar-refractivity contribution in [3.63, 3.8) is 0 Å². The third kappa shape index (κ3) is 3.31. The van der Waals surface area contributed by atoms with Gasteiger partial charge in [-0.1, -0.05) is 18.2 Å². The van der Waals surface area contributed by atoms with Gasteiger partial charge in [0.05, 0.1) is 0 Å². The number of nitrogens with zero attached hydrogens (tertiary/aromatic N) is 2. The van der Waals surface area contributed by atoms with Gasteiger partial charge < -0.3 is 9.64 Å². The summed E-state index contributed by atoms with van der Waals surface area (Å²) < 4.78 is 6.38. The molecule has 0 amide bonds. The van der Waals surface area contributed by atoms with Gasteiger partial charge in [-0.15, -0.1) is 0 Å². The van der Waals surface area contributed by atoms with Crippen LogP contribution in [0.15, 0.2) is 24.3 Å². The van der Waals surface area contributed by atoms with E-state index in [0.717, 1.165) is 25.3 Å². The predicted octanol–water partition coefficient (Wildman–Crippen LogP) is 3.70. The van der Waals surface area contributed by atoms with Crippen LogP contribution in [0.2, 0.25) is 0 Å². The molecular weight excluding hydrogens is 272 g/mol. The molecule has 3 rings (SSSR count). The largest absolute Gasteiger partial charge is 0.489 e. The van der Waals surface area contributed by atoms with E-state index in [1.165, 1.54) is 24.9 Å². The fraction of sp³-hybridized carbons (Fsp3) is 0.684. The van der Waals surface area contributed by atoms with Crippen molar-refractivity contribution in [2.75, 3.05) is 26.7 Å². The molecule has 0 saturated carbocycles. The number of benzene rings is 1. The molecule has 0 N–H and O–H groups in total. The molecule has 2 heterocycles. The number of likely N-dealkylation sites (tertiary alicyclic amines) is 2. The van der Waals surface area contributed by atoms with Gasteiger partial charge in [-0.25, -0.2) is 0 Å². The molecule has 2 fully saturated rings. The van der Waals surface area contributed by atoms with Crippen molar-refractivity contribution in [3.05, 3.63) is 29.8 Å². The zero-order valence-corrected chi connectivity index (χ0v) is 14.5. The topological polar surface area (TPSA) is 15.7 Å². The lowest BCUT2D eigenvalue weighted by Gasteiger charge is -2.37. The fourth-order valence-electron chi connectivity index (χ4n) is 3.93. The van der Waals surface area contributed by atoms with Gasteiger partial charge in [0, 0.05) is 30.2 Å². The van der Waals surface area contributed by atoms with Crippen LogP contribution in [0.3, 0.4) is 0 Å². The highest BCUT2D eigenvalue weighted by molar-refractivity contribution is 5.37. The van der Waals surface area contributed by atoms with Gasteiger partial charge in [-0.2, -0.15) is 0 Å². The van der Waals surface area contributed by atoms with Gasteiger partial charge >= 0.3 is 0 Å². The van der Waals surface area contributed by atoms with Gasteiger partial charge in [0.1, 0.15) is 11.9 Å². The van der Waals surface area contributed by atoms with Crippen LogP contribution < -0.4 is 4.74 Å². The van der Waals surface area contributed by atoms with E-state index in [1.807, 2.05) is 0 Å². The predicted molar refractivity (Wildman–Crippen MR) is 91.4 cm³/mol. The van der Waals surface area contributed by atoms with Crippen molar-refractivity contribution in [1.82, 2.24) is 9.80 Å². The molecule has 0 aromatic heterocycles. The standard InChI is InChI=1S/C19H30N2O/c1-19(2,3)21-12-7-9-17(21)16-8-5-6-10-18(16)22-15-11-13-20(4)14-15/h5-6,8,10,15,17H,7,9,11-14H2,1-4H3. The van der Waals surface area contributed by atoms with Gasteiger partial charge in [-0.3, -0.25) is 4.90 Å². The lowest BCUT2D eigenvalue weighted by Crippen LogP contribution is -2.40. The summed E-state index contributed by atoms with van der Waals surface area (Å²) in [6.07, 6.45) is 4.00. The van der Waals surface area contributed by atoms with Crippen molar-refractivity contribution in [3.8, 4) is 5.75 Å². The molecule has 122 valence electrons. The van der Waals surface area contributed by atoms with E-state index in [-0.39, 0.29) is 5.54 Å². The Morgan fingerprint density at radius 3 is 2.55 bits per heavy atom. The van der Waals surface area contributed by atoms with E-state index < -0.39 is 0 Å². The van der Waals surface area contributed by atoms with Crippen LogP contribution in [0.5, 0.6) is 5.75 Å². The fourth-order valence-corrected chi connectivity index (χ4v) is 3.93. The van der Waals surface area contributed by atoms with Crippen LogP contribution in [0.1, 0.15) is 51.6 Å². The summed E-state index contributed by atoms with van der Waals surface area (Å²) in [5.41, 5.74) is 1.59. The lowest BCUT2D eigenvalue weighted by atomic mass is 9.98. The van der Waals surface area contributed by atoms with Crippen molar-refractivity contribution in [2.24, 2.45) is 0 Å². The summed E-state index contributed by atoms with van der Waals surface area (Å²) in [6.45, 7) is 10.3. The molecular formula is C19H30N2O. The Bertz CT molecular complexity index is 508. The highest BCUT2D eigenvalue weighted by Gasteiger charge is 2.35. The Hall–Kier alpha value is -1.06. The van der Waals surface area contributed by atoms with Crippen LogP contribution in [0.25, 0.3) is 0 Å². The zero-order chi connectivity index (χ0) is 15.7. The number of likely N-dealkylation sites (N-methyl/N-ethyl adjacent to an activating group) is 1. The molecule has 1 aromatic rings. The molecule has 2 atom stereocenters. The normalized spacial score (nSPS) is 27.5. The molecule has 0 spiro atoms. The first-order chi connectivity index (χ1) is 10.4. The molecule has 0 aliphatic carbocycles. The molecule has 2 unspecified atom stereocenters. The van der Waals surface area contributed by atoms with E-state index in [4.69, 9.17) is 4.74 Å². The maximum Gasteiger partial charge on any atom is 0.124 e. The molecule has 0 radical (unpaired) electrons. The second-order valence-corrected chi connectivity index (χ2v) is 7.85.